The van der Waals surface area contributed by atoms with E-state index >= 15 is 0 Å². The molecule has 5 heteroatoms. The van der Waals surface area contributed by atoms with E-state index in [1.807, 2.05) is 38.1 Å². The number of allylic oxidation sites excluding steroid dienone is 1. The Labute approximate surface area is 137 Å². The molecule has 1 aromatic rings. The fourth-order valence-corrected chi connectivity index (χ4v) is 2.49. The Kier molecular flexibility index (Phi) is 5.42. The van der Waals surface area contributed by atoms with Gasteiger partial charge >= 0.3 is 12.0 Å². The molecule has 2 N–H and O–H groups in total. The number of rotatable bonds is 5. The van der Waals surface area contributed by atoms with E-state index in [9.17, 15) is 9.59 Å². The van der Waals surface area contributed by atoms with Crippen molar-refractivity contribution in [2.24, 2.45) is 0 Å². The number of benzene rings is 1. The van der Waals surface area contributed by atoms with Crippen LogP contribution < -0.4 is 10.6 Å². The van der Waals surface area contributed by atoms with Crippen LogP contribution in [0.15, 0.2) is 35.5 Å². The fourth-order valence-electron chi connectivity index (χ4n) is 2.49. The van der Waals surface area contributed by atoms with Crippen LogP contribution in [0.2, 0.25) is 0 Å². The van der Waals surface area contributed by atoms with Crippen molar-refractivity contribution in [2.75, 3.05) is 0 Å². The van der Waals surface area contributed by atoms with Gasteiger partial charge in [-0.25, -0.2) is 9.59 Å². The van der Waals surface area contributed by atoms with Gasteiger partial charge in [0.1, 0.15) is 0 Å². The summed E-state index contributed by atoms with van der Waals surface area (Å²) < 4.78 is 5.45. The Balaban J connectivity index is 2.35. The molecule has 5 nitrogen and oxygen atoms in total. The van der Waals surface area contributed by atoms with Gasteiger partial charge < -0.3 is 15.4 Å². The van der Waals surface area contributed by atoms with E-state index in [1.165, 1.54) is 5.56 Å². The molecule has 0 aromatic heterocycles. The second kappa shape index (κ2) is 7.31. The Bertz CT molecular complexity index is 620. The molecular weight excluding hydrogens is 292 g/mol. The zero-order chi connectivity index (χ0) is 17.0. The molecule has 0 spiro atoms. The van der Waals surface area contributed by atoms with Crippen LogP contribution in [0.25, 0.3) is 0 Å². The normalized spacial score (nSPS) is 19.0. The molecule has 1 aliphatic heterocycles. The third-order valence-corrected chi connectivity index (χ3v) is 4.09. The molecule has 1 aliphatic rings. The first-order chi connectivity index (χ1) is 11.0. The van der Waals surface area contributed by atoms with Gasteiger partial charge in [-0.05, 0) is 37.8 Å². The van der Waals surface area contributed by atoms with Gasteiger partial charge in [-0.1, -0.05) is 38.1 Å². The zero-order valence-electron chi connectivity index (χ0n) is 14.1. The third-order valence-electron chi connectivity index (χ3n) is 4.09. The topological polar surface area (TPSA) is 67.4 Å². The van der Waals surface area contributed by atoms with Gasteiger partial charge in [0.05, 0.1) is 17.7 Å². The zero-order valence-corrected chi connectivity index (χ0v) is 14.1. The minimum Gasteiger partial charge on any atom is -0.459 e. The number of aryl methyl sites for hydroxylation is 1. The lowest BCUT2D eigenvalue weighted by atomic mass is 9.94. The lowest BCUT2D eigenvalue weighted by Crippen LogP contribution is -2.45. The highest BCUT2D eigenvalue weighted by Gasteiger charge is 2.32. The van der Waals surface area contributed by atoms with Gasteiger partial charge in [-0.2, -0.15) is 0 Å². The summed E-state index contributed by atoms with van der Waals surface area (Å²) in [5, 5.41) is 5.47. The van der Waals surface area contributed by atoms with Crippen molar-refractivity contribution in [3.8, 4) is 0 Å². The third kappa shape index (κ3) is 3.92. The van der Waals surface area contributed by atoms with E-state index in [2.05, 4.69) is 17.6 Å². The SMILES string of the molecule is CCc1ccc([C@@H]2NC(=O)NC(C)=C2C(=O)O[C@@H](C)CC)cc1. The molecule has 2 amide bonds. The van der Waals surface area contributed by atoms with Crippen molar-refractivity contribution >= 4 is 12.0 Å². The lowest BCUT2D eigenvalue weighted by molar-refractivity contribution is -0.144. The Morgan fingerprint density at radius 3 is 2.48 bits per heavy atom. The van der Waals surface area contributed by atoms with Crippen molar-refractivity contribution in [1.29, 1.82) is 0 Å². The van der Waals surface area contributed by atoms with Crippen LogP contribution >= 0.6 is 0 Å². The number of nitrogens with one attached hydrogen (secondary N) is 2. The summed E-state index contributed by atoms with van der Waals surface area (Å²) in [5.74, 6) is -0.395. The van der Waals surface area contributed by atoms with Crippen molar-refractivity contribution in [2.45, 2.75) is 52.7 Å². The van der Waals surface area contributed by atoms with Crippen molar-refractivity contribution < 1.29 is 14.3 Å². The monoisotopic (exact) mass is 316 g/mol. The van der Waals surface area contributed by atoms with Gasteiger partial charge in [0, 0.05) is 5.70 Å². The average Bonchev–Trinajstić information content (AvgIpc) is 2.53. The van der Waals surface area contributed by atoms with Crippen LogP contribution in [0.5, 0.6) is 0 Å². The van der Waals surface area contributed by atoms with Gasteiger partial charge in [-0.3, -0.25) is 0 Å². The summed E-state index contributed by atoms with van der Waals surface area (Å²) in [4.78, 5) is 24.3. The molecule has 124 valence electrons. The number of hydrogen-bond acceptors (Lipinski definition) is 3. The van der Waals surface area contributed by atoms with Crippen molar-refractivity contribution in [3.05, 3.63) is 46.7 Å². The summed E-state index contributed by atoms with van der Waals surface area (Å²) in [6.45, 7) is 7.62. The highest BCUT2D eigenvalue weighted by Crippen LogP contribution is 2.28. The number of amides is 2. The van der Waals surface area contributed by atoms with Crippen molar-refractivity contribution in [3.63, 3.8) is 0 Å². The molecule has 0 unspecified atom stereocenters. The summed E-state index contributed by atoms with van der Waals surface area (Å²) in [7, 11) is 0. The summed E-state index contributed by atoms with van der Waals surface area (Å²) in [5.41, 5.74) is 3.06. The fraction of sp³-hybridized carbons (Fsp3) is 0.444. The predicted octanol–water partition coefficient (Wildman–Crippen LogP) is 3.22. The highest BCUT2D eigenvalue weighted by molar-refractivity contribution is 5.95. The standard InChI is InChI=1S/C18H24N2O3/c1-5-11(3)23-17(21)15-12(4)19-18(22)20-16(15)14-9-7-13(6-2)8-10-14/h7-11,16H,5-6H2,1-4H3,(H2,19,20,22)/t11-,16-/m0/s1. The molecule has 23 heavy (non-hydrogen) atoms. The first-order valence-corrected chi connectivity index (χ1v) is 8.04. The molecular formula is C18H24N2O3. The van der Waals surface area contributed by atoms with E-state index < -0.39 is 12.0 Å². The number of carbonyl (C=O) groups excluding carboxylic acids is 2. The lowest BCUT2D eigenvalue weighted by Gasteiger charge is -2.29. The smallest absolute Gasteiger partial charge is 0.338 e. The molecule has 0 aliphatic carbocycles. The van der Waals surface area contributed by atoms with Crippen LogP contribution in [0.4, 0.5) is 4.79 Å². The second-order valence-electron chi connectivity index (χ2n) is 5.79. The quantitative estimate of drug-likeness (QED) is 0.820. The Hall–Kier alpha value is -2.30. The maximum Gasteiger partial charge on any atom is 0.338 e. The van der Waals surface area contributed by atoms with Gasteiger partial charge in [0.15, 0.2) is 0 Å². The maximum absolute atomic E-state index is 12.5. The van der Waals surface area contributed by atoms with Crippen LogP contribution in [0, 0.1) is 0 Å². The van der Waals surface area contributed by atoms with E-state index in [-0.39, 0.29) is 12.1 Å². The first kappa shape index (κ1) is 17.1. The van der Waals surface area contributed by atoms with Gasteiger partial charge in [0.2, 0.25) is 0 Å². The van der Waals surface area contributed by atoms with Crippen LogP contribution in [-0.4, -0.2) is 18.1 Å². The van der Waals surface area contributed by atoms with E-state index in [0.717, 1.165) is 18.4 Å². The second-order valence-corrected chi connectivity index (χ2v) is 5.79. The van der Waals surface area contributed by atoms with Gasteiger partial charge in [0.25, 0.3) is 0 Å². The maximum atomic E-state index is 12.5. The van der Waals surface area contributed by atoms with E-state index in [0.29, 0.717) is 11.3 Å². The minimum atomic E-state index is -0.494. The minimum absolute atomic E-state index is 0.163. The first-order valence-electron chi connectivity index (χ1n) is 8.04. The molecule has 1 aromatic carbocycles. The van der Waals surface area contributed by atoms with E-state index in [1.54, 1.807) is 6.92 Å². The van der Waals surface area contributed by atoms with Crippen LogP contribution in [-0.2, 0) is 16.0 Å². The molecule has 1 heterocycles. The van der Waals surface area contributed by atoms with Crippen LogP contribution in [0.1, 0.15) is 51.3 Å². The number of ether oxygens (including phenoxy) is 1. The largest absolute Gasteiger partial charge is 0.459 e. The summed E-state index contributed by atoms with van der Waals surface area (Å²) in [6.07, 6.45) is 1.52. The number of urea groups is 1. The van der Waals surface area contributed by atoms with Crippen LogP contribution in [0.3, 0.4) is 0 Å². The van der Waals surface area contributed by atoms with Gasteiger partial charge in [-0.15, -0.1) is 0 Å². The van der Waals surface area contributed by atoms with Crippen molar-refractivity contribution in [1.82, 2.24) is 10.6 Å². The molecule has 2 rings (SSSR count). The Morgan fingerprint density at radius 2 is 1.91 bits per heavy atom. The molecule has 0 saturated carbocycles. The predicted molar refractivity (Wildman–Crippen MR) is 88.8 cm³/mol. The molecule has 0 fully saturated rings. The number of esters is 1. The summed E-state index contributed by atoms with van der Waals surface area (Å²) >= 11 is 0. The summed E-state index contributed by atoms with van der Waals surface area (Å²) in [6, 6.07) is 7.10. The van der Waals surface area contributed by atoms with E-state index in [4.69, 9.17) is 4.74 Å². The molecule has 0 bridgehead atoms. The number of carbonyl (C=O) groups is 2. The molecule has 0 radical (unpaired) electrons. The molecule has 0 saturated heterocycles. The Morgan fingerprint density at radius 1 is 1.26 bits per heavy atom. The highest BCUT2D eigenvalue weighted by atomic mass is 16.5. The average molecular weight is 316 g/mol. The number of hydrogen-bond donors (Lipinski definition) is 2. The molecule has 2 atom stereocenters.